The van der Waals surface area contributed by atoms with Crippen LogP contribution in [0.25, 0.3) is 0 Å². The molecule has 1 amide bonds. The standard InChI is InChI=1S/C17H13N7O5/c25-17(11-6-8-13(9-7-11)23(26)27)22-21-16-14(24(28)29)15(18-10-19-16)20-12-4-2-1-3-5-12/h1-10H,(H,22,25)(H2,18,19,20,21). The lowest BCUT2D eigenvalue weighted by atomic mass is 10.2. The summed E-state index contributed by atoms with van der Waals surface area (Å²) in [5.41, 5.74) is 4.71. The third-order valence-corrected chi connectivity index (χ3v) is 3.68. The van der Waals surface area contributed by atoms with Crippen LogP contribution in [0.15, 0.2) is 60.9 Å². The number of nitrogens with zero attached hydrogens (tertiary/aromatic N) is 4. The van der Waals surface area contributed by atoms with Gasteiger partial charge < -0.3 is 5.32 Å². The first-order valence-corrected chi connectivity index (χ1v) is 8.08. The van der Waals surface area contributed by atoms with E-state index in [1.165, 1.54) is 24.3 Å². The number of para-hydroxylation sites is 1. The fourth-order valence-corrected chi connectivity index (χ4v) is 2.32. The second-order valence-corrected chi connectivity index (χ2v) is 5.55. The van der Waals surface area contributed by atoms with E-state index < -0.39 is 21.4 Å². The number of rotatable bonds is 7. The minimum atomic E-state index is -0.689. The highest BCUT2D eigenvalue weighted by molar-refractivity contribution is 5.95. The monoisotopic (exact) mass is 395 g/mol. The van der Waals surface area contributed by atoms with E-state index in [1.54, 1.807) is 30.3 Å². The number of nitrogens with one attached hydrogen (secondary N) is 3. The molecule has 0 spiro atoms. The summed E-state index contributed by atoms with van der Waals surface area (Å²) in [6.45, 7) is 0. The average molecular weight is 395 g/mol. The van der Waals surface area contributed by atoms with Gasteiger partial charge in [-0.05, 0) is 24.3 Å². The van der Waals surface area contributed by atoms with Crippen LogP contribution in [0.2, 0.25) is 0 Å². The van der Waals surface area contributed by atoms with Crippen molar-refractivity contribution in [3.8, 4) is 0 Å². The Morgan fingerprint density at radius 2 is 1.52 bits per heavy atom. The van der Waals surface area contributed by atoms with E-state index >= 15 is 0 Å². The van der Waals surface area contributed by atoms with Crippen molar-refractivity contribution in [3.05, 3.63) is 86.7 Å². The topological polar surface area (TPSA) is 165 Å². The summed E-state index contributed by atoms with van der Waals surface area (Å²) >= 11 is 0. The Balaban J connectivity index is 1.78. The molecule has 0 fully saturated rings. The Labute approximate surface area is 162 Å². The molecule has 3 N–H and O–H groups in total. The molecule has 0 radical (unpaired) electrons. The molecule has 0 saturated carbocycles. The molecular weight excluding hydrogens is 382 g/mol. The Hall–Kier alpha value is -4.61. The lowest BCUT2D eigenvalue weighted by Gasteiger charge is -2.11. The Bertz CT molecular complexity index is 1060. The van der Waals surface area contributed by atoms with E-state index in [2.05, 4.69) is 26.1 Å². The van der Waals surface area contributed by atoms with Crippen molar-refractivity contribution in [1.82, 2.24) is 15.4 Å². The van der Waals surface area contributed by atoms with E-state index in [0.717, 1.165) is 6.33 Å². The molecular formula is C17H13N7O5. The van der Waals surface area contributed by atoms with Crippen molar-refractivity contribution >= 4 is 34.6 Å². The highest BCUT2D eigenvalue weighted by Gasteiger charge is 2.23. The highest BCUT2D eigenvalue weighted by atomic mass is 16.6. The number of nitro benzene ring substituents is 1. The Morgan fingerprint density at radius 1 is 0.862 bits per heavy atom. The second-order valence-electron chi connectivity index (χ2n) is 5.55. The molecule has 1 aromatic heterocycles. The predicted molar refractivity (Wildman–Crippen MR) is 103 cm³/mol. The average Bonchev–Trinajstić information content (AvgIpc) is 2.72. The van der Waals surface area contributed by atoms with Gasteiger partial charge in [-0.2, -0.15) is 0 Å². The molecule has 29 heavy (non-hydrogen) atoms. The van der Waals surface area contributed by atoms with Crippen LogP contribution in [0, 0.1) is 20.2 Å². The molecule has 0 atom stereocenters. The first-order chi connectivity index (χ1) is 14.0. The number of benzene rings is 2. The number of hydrazine groups is 1. The number of hydrogen-bond acceptors (Lipinski definition) is 9. The molecule has 3 aromatic rings. The minimum Gasteiger partial charge on any atom is -0.334 e. The van der Waals surface area contributed by atoms with Gasteiger partial charge in [-0.25, -0.2) is 9.97 Å². The van der Waals surface area contributed by atoms with Crippen molar-refractivity contribution in [2.75, 3.05) is 10.7 Å². The van der Waals surface area contributed by atoms with Crippen molar-refractivity contribution in [1.29, 1.82) is 0 Å². The van der Waals surface area contributed by atoms with E-state index in [1.807, 2.05) is 0 Å². The third kappa shape index (κ3) is 4.57. The van der Waals surface area contributed by atoms with E-state index in [9.17, 15) is 25.0 Å². The summed E-state index contributed by atoms with van der Waals surface area (Å²) in [6, 6.07) is 13.6. The summed E-state index contributed by atoms with van der Waals surface area (Å²) in [4.78, 5) is 40.8. The van der Waals surface area contributed by atoms with Crippen LogP contribution in [-0.4, -0.2) is 25.7 Å². The number of carbonyl (C=O) groups is 1. The normalized spacial score (nSPS) is 10.1. The lowest BCUT2D eigenvalue weighted by Crippen LogP contribution is -2.30. The molecule has 3 rings (SSSR count). The maximum atomic E-state index is 12.2. The summed E-state index contributed by atoms with van der Waals surface area (Å²) in [5, 5.41) is 25.0. The fraction of sp³-hybridized carbons (Fsp3) is 0. The molecule has 1 heterocycles. The van der Waals surface area contributed by atoms with Gasteiger partial charge in [-0.3, -0.25) is 35.9 Å². The molecule has 12 nitrogen and oxygen atoms in total. The molecule has 12 heteroatoms. The van der Waals surface area contributed by atoms with E-state index in [4.69, 9.17) is 0 Å². The zero-order chi connectivity index (χ0) is 20.8. The summed E-state index contributed by atoms with van der Waals surface area (Å²) in [5.74, 6) is -0.965. The number of amides is 1. The van der Waals surface area contributed by atoms with Crippen LogP contribution in [0.1, 0.15) is 10.4 Å². The molecule has 0 aliphatic rings. The number of aromatic nitrogens is 2. The van der Waals surface area contributed by atoms with Gasteiger partial charge in [0, 0.05) is 23.4 Å². The quantitative estimate of drug-likeness (QED) is 0.403. The smallest absolute Gasteiger partial charge is 0.334 e. The number of hydrogen-bond donors (Lipinski definition) is 3. The zero-order valence-corrected chi connectivity index (χ0v) is 14.6. The first kappa shape index (κ1) is 19.2. The van der Waals surface area contributed by atoms with Gasteiger partial charge >= 0.3 is 5.69 Å². The van der Waals surface area contributed by atoms with Crippen molar-refractivity contribution in [2.24, 2.45) is 0 Å². The maximum Gasteiger partial charge on any atom is 0.355 e. The predicted octanol–water partition coefficient (Wildman–Crippen LogP) is 2.79. The van der Waals surface area contributed by atoms with Crippen molar-refractivity contribution < 1.29 is 14.6 Å². The second kappa shape index (κ2) is 8.39. The van der Waals surface area contributed by atoms with Crippen LogP contribution < -0.4 is 16.2 Å². The molecule has 146 valence electrons. The molecule has 0 aliphatic carbocycles. The van der Waals surface area contributed by atoms with Crippen LogP contribution in [0.3, 0.4) is 0 Å². The van der Waals surface area contributed by atoms with Gasteiger partial charge in [0.05, 0.1) is 9.85 Å². The molecule has 0 unspecified atom stereocenters. The largest absolute Gasteiger partial charge is 0.355 e. The van der Waals surface area contributed by atoms with Gasteiger partial charge in [0.2, 0.25) is 11.6 Å². The van der Waals surface area contributed by atoms with Crippen LogP contribution in [0.5, 0.6) is 0 Å². The minimum absolute atomic E-state index is 0.0664. The molecule has 2 aromatic carbocycles. The molecule has 0 saturated heterocycles. The van der Waals surface area contributed by atoms with Gasteiger partial charge in [-0.1, -0.05) is 18.2 Å². The van der Waals surface area contributed by atoms with Crippen LogP contribution >= 0.6 is 0 Å². The van der Waals surface area contributed by atoms with Gasteiger partial charge in [0.15, 0.2) is 0 Å². The van der Waals surface area contributed by atoms with Crippen molar-refractivity contribution in [2.45, 2.75) is 0 Å². The SMILES string of the molecule is O=C(NNc1ncnc(Nc2ccccc2)c1[N+](=O)[O-])c1ccc([N+](=O)[O-])cc1. The zero-order valence-electron chi connectivity index (χ0n) is 14.6. The van der Waals surface area contributed by atoms with Gasteiger partial charge in [0.1, 0.15) is 6.33 Å². The van der Waals surface area contributed by atoms with E-state index in [0.29, 0.717) is 5.69 Å². The Morgan fingerprint density at radius 3 is 2.14 bits per heavy atom. The lowest BCUT2D eigenvalue weighted by molar-refractivity contribution is -0.384. The van der Waals surface area contributed by atoms with Crippen molar-refractivity contribution in [3.63, 3.8) is 0 Å². The van der Waals surface area contributed by atoms with Gasteiger partial charge in [-0.15, -0.1) is 0 Å². The number of non-ortho nitro benzene ring substituents is 1. The number of carbonyl (C=O) groups excluding carboxylic acids is 1. The number of anilines is 3. The fourth-order valence-electron chi connectivity index (χ4n) is 2.32. The number of nitro groups is 2. The Kier molecular flexibility index (Phi) is 5.54. The third-order valence-electron chi connectivity index (χ3n) is 3.68. The highest BCUT2D eigenvalue weighted by Crippen LogP contribution is 2.30. The first-order valence-electron chi connectivity index (χ1n) is 8.08. The summed E-state index contributed by atoms with van der Waals surface area (Å²) < 4.78 is 0. The summed E-state index contributed by atoms with van der Waals surface area (Å²) in [7, 11) is 0. The summed E-state index contributed by atoms with van der Waals surface area (Å²) in [6.07, 6.45) is 1.10. The maximum absolute atomic E-state index is 12.2. The van der Waals surface area contributed by atoms with E-state index in [-0.39, 0.29) is 22.9 Å². The van der Waals surface area contributed by atoms with Crippen LogP contribution in [0.4, 0.5) is 28.7 Å². The van der Waals surface area contributed by atoms with Crippen LogP contribution in [-0.2, 0) is 0 Å². The van der Waals surface area contributed by atoms with Gasteiger partial charge in [0.25, 0.3) is 11.6 Å². The molecule has 0 aliphatic heterocycles. The molecule has 0 bridgehead atoms.